The van der Waals surface area contributed by atoms with Gasteiger partial charge in [0.1, 0.15) is 5.01 Å². The molecule has 0 bridgehead atoms. The lowest BCUT2D eigenvalue weighted by molar-refractivity contribution is 0.102. The summed E-state index contributed by atoms with van der Waals surface area (Å²) in [5.41, 5.74) is 2.01. The van der Waals surface area contributed by atoms with Crippen LogP contribution in [-0.2, 0) is 10.0 Å². The lowest BCUT2D eigenvalue weighted by Crippen LogP contribution is -2.14. The second kappa shape index (κ2) is 7.45. The van der Waals surface area contributed by atoms with Gasteiger partial charge >= 0.3 is 0 Å². The van der Waals surface area contributed by atoms with Crippen LogP contribution in [0, 0.1) is 0 Å². The number of hydrogen-bond acceptors (Lipinski definition) is 5. The van der Waals surface area contributed by atoms with Gasteiger partial charge in [0.15, 0.2) is 0 Å². The van der Waals surface area contributed by atoms with Gasteiger partial charge in [-0.1, -0.05) is 11.6 Å². The van der Waals surface area contributed by atoms with E-state index in [9.17, 15) is 13.2 Å². The molecule has 3 rings (SSSR count). The van der Waals surface area contributed by atoms with E-state index >= 15 is 0 Å². The average Bonchev–Trinajstić information content (AvgIpc) is 3.11. The molecule has 0 spiro atoms. The molecule has 3 aromatic rings. The van der Waals surface area contributed by atoms with E-state index in [0.717, 1.165) is 16.8 Å². The molecule has 0 saturated carbocycles. The maximum atomic E-state index is 12.4. The van der Waals surface area contributed by atoms with E-state index in [4.69, 9.17) is 11.6 Å². The second-order valence-electron chi connectivity index (χ2n) is 5.44. The van der Waals surface area contributed by atoms with Crippen LogP contribution in [0.3, 0.4) is 0 Å². The number of nitrogens with zero attached hydrogens (tertiary/aromatic N) is 1. The molecule has 0 aliphatic carbocycles. The summed E-state index contributed by atoms with van der Waals surface area (Å²) in [7, 11) is -3.50. The highest BCUT2D eigenvalue weighted by atomic mass is 35.5. The fourth-order valence-corrected chi connectivity index (χ4v) is 3.64. The number of amides is 1. The van der Waals surface area contributed by atoms with Crippen molar-refractivity contribution in [1.29, 1.82) is 0 Å². The highest BCUT2D eigenvalue weighted by Crippen LogP contribution is 2.26. The largest absolute Gasteiger partial charge is 0.322 e. The third kappa shape index (κ3) is 4.60. The fourth-order valence-electron chi connectivity index (χ4n) is 2.21. The van der Waals surface area contributed by atoms with Gasteiger partial charge in [-0.15, -0.1) is 11.3 Å². The van der Waals surface area contributed by atoms with Gasteiger partial charge in [0, 0.05) is 28.4 Å². The molecule has 2 aromatic carbocycles. The van der Waals surface area contributed by atoms with Crippen molar-refractivity contribution in [3.63, 3.8) is 0 Å². The van der Waals surface area contributed by atoms with E-state index in [2.05, 4.69) is 15.0 Å². The predicted octanol–water partition coefficient (Wildman–Crippen LogP) is 4.09. The molecule has 0 atom stereocenters. The third-order valence-corrected chi connectivity index (χ3v) is 5.09. The summed E-state index contributed by atoms with van der Waals surface area (Å²) in [5, 5.41) is 5.77. The molecule has 1 amide bonds. The Hall–Kier alpha value is -2.42. The van der Waals surface area contributed by atoms with Crippen LogP contribution < -0.4 is 10.0 Å². The molecule has 0 aliphatic heterocycles. The van der Waals surface area contributed by atoms with E-state index in [1.165, 1.54) is 29.5 Å². The van der Waals surface area contributed by atoms with Gasteiger partial charge in [-0.2, -0.15) is 0 Å². The summed E-state index contributed by atoms with van der Waals surface area (Å²) in [6.07, 6.45) is 2.75. The molecule has 0 fully saturated rings. The van der Waals surface area contributed by atoms with Crippen molar-refractivity contribution >= 4 is 50.2 Å². The van der Waals surface area contributed by atoms with E-state index in [-0.39, 0.29) is 22.2 Å². The van der Waals surface area contributed by atoms with Crippen molar-refractivity contribution in [2.45, 2.75) is 0 Å². The normalized spacial score (nSPS) is 11.2. The molecule has 2 N–H and O–H groups in total. The van der Waals surface area contributed by atoms with Crippen molar-refractivity contribution in [1.82, 2.24) is 4.98 Å². The first-order valence-corrected chi connectivity index (χ1v) is 10.6. The molecule has 9 heteroatoms. The number of carbonyl (C=O) groups excluding carboxylic acids is 1. The number of nitrogens with one attached hydrogen (secondary N) is 2. The quantitative estimate of drug-likeness (QED) is 0.666. The van der Waals surface area contributed by atoms with Crippen molar-refractivity contribution < 1.29 is 13.2 Å². The smallest absolute Gasteiger partial charge is 0.255 e. The number of benzene rings is 2. The van der Waals surface area contributed by atoms with Crippen LogP contribution in [0.25, 0.3) is 10.6 Å². The molecule has 134 valence electrons. The number of sulfonamides is 1. The minimum atomic E-state index is -3.50. The Bertz CT molecular complexity index is 1030. The summed E-state index contributed by atoms with van der Waals surface area (Å²) >= 11 is 7.50. The van der Waals surface area contributed by atoms with Crippen LogP contribution in [0.4, 0.5) is 11.4 Å². The summed E-state index contributed by atoms with van der Waals surface area (Å²) in [4.78, 5) is 16.6. The van der Waals surface area contributed by atoms with Gasteiger partial charge < -0.3 is 5.32 Å². The third-order valence-electron chi connectivity index (χ3n) is 3.35. The summed E-state index contributed by atoms with van der Waals surface area (Å²) in [5.74, 6) is -0.375. The zero-order chi connectivity index (χ0) is 18.7. The zero-order valence-corrected chi connectivity index (χ0v) is 16.0. The number of carbonyl (C=O) groups is 1. The number of rotatable bonds is 5. The highest BCUT2D eigenvalue weighted by molar-refractivity contribution is 7.92. The molecule has 0 saturated heterocycles. The fraction of sp³-hybridized carbons (Fsp3) is 0.0588. The van der Waals surface area contributed by atoms with E-state index in [1.807, 2.05) is 17.5 Å². The van der Waals surface area contributed by atoms with Crippen LogP contribution in [0.1, 0.15) is 10.4 Å². The molecule has 26 heavy (non-hydrogen) atoms. The van der Waals surface area contributed by atoms with Crippen LogP contribution in [0.2, 0.25) is 5.02 Å². The number of halogens is 1. The minimum absolute atomic E-state index is 0.154. The molecule has 0 aliphatic rings. The standard InChI is InChI=1S/C17H14ClN3O3S2/c1-26(23,24)21-15-10-12(4-7-14(15)18)16(22)20-13-5-2-11(3-6-13)17-19-8-9-25-17/h2-10,21H,1H3,(H,20,22). The van der Waals surface area contributed by atoms with Crippen molar-refractivity contribution in [3.05, 3.63) is 64.6 Å². The SMILES string of the molecule is CS(=O)(=O)Nc1cc(C(=O)Nc2ccc(-c3nccs3)cc2)ccc1Cl. The summed E-state index contributed by atoms with van der Waals surface area (Å²) in [6, 6.07) is 11.7. The Morgan fingerprint density at radius 3 is 2.50 bits per heavy atom. The number of anilines is 2. The average molecular weight is 408 g/mol. The predicted molar refractivity (Wildman–Crippen MR) is 105 cm³/mol. The first-order valence-electron chi connectivity index (χ1n) is 7.40. The van der Waals surface area contributed by atoms with E-state index < -0.39 is 10.0 Å². The van der Waals surface area contributed by atoms with Gasteiger partial charge in [0.2, 0.25) is 10.0 Å². The molecule has 0 radical (unpaired) electrons. The van der Waals surface area contributed by atoms with Crippen LogP contribution in [-0.4, -0.2) is 25.6 Å². The molecule has 6 nitrogen and oxygen atoms in total. The molecular formula is C17H14ClN3O3S2. The first-order chi connectivity index (χ1) is 12.3. The van der Waals surface area contributed by atoms with Gasteiger partial charge in [0.25, 0.3) is 5.91 Å². The Morgan fingerprint density at radius 1 is 1.15 bits per heavy atom. The Balaban J connectivity index is 1.76. The zero-order valence-electron chi connectivity index (χ0n) is 13.6. The summed E-state index contributed by atoms with van der Waals surface area (Å²) < 4.78 is 25.0. The Morgan fingerprint density at radius 2 is 1.88 bits per heavy atom. The molecular weight excluding hydrogens is 394 g/mol. The lowest BCUT2D eigenvalue weighted by atomic mass is 10.1. The molecule has 0 unspecified atom stereocenters. The monoisotopic (exact) mass is 407 g/mol. The minimum Gasteiger partial charge on any atom is -0.322 e. The number of thiazole rings is 1. The van der Waals surface area contributed by atoms with Crippen molar-refractivity contribution in [3.8, 4) is 10.6 Å². The van der Waals surface area contributed by atoms with Gasteiger partial charge in [-0.3, -0.25) is 9.52 Å². The highest BCUT2D eigenvalue weighted by Gasteiger charge is 2.12. The lowest BCUT2D eigenvalue weighted by Gasteiger charge is -2.10. The van der Waals surface area contributed by atoms with E-state index in [0.29, 0.717) is 5.69 Å². The van der Waals surface area contributed by atoms with Crippen LogP contribution in [0.5, 0.6) is 0 Å². The first kappa shape index (κ1) is 18.4. The van der Waals surface area contributed by atoms with Crippen LogP contribution >= 0.6 is 22.9 Å². The van der Waals surface area contributed by atoms with Gasteiger partial charge in [-0.25, -0.2) is 13.4 Å². The maximum Gasteiger partial charge on any atom is 0.255 e. The number of hydrogen-bond donors (Lipinski definition) is 2. The molecule has 1 heterocycles. The second-order valence-corrected chi connectivity index (χ2v) is 8.49. The van der Waals surface area contributed by atoms with Gasteiger partial charge in [-0.05, 0) is 42.5 Å². The summed E-state index contributed by atoms with van der Waals surface area (Å²) in [6.45, 7) is 0. The van der Waals surface area contributed by atoms with Gasteiger partial charge in [0.05, 0.1) is 17.0 Å². The topological polar surface area (TPSA) is 88.2 Å². The molecule has 1 aromatic heterocycles. The number of aromatic nitrogens is 1. The van der Waals surface area contributed by atoms with Crippen LogP contribution in [0.15, 0.2) is 54.0 Å². The Labute approximate surface area is 159 Å². The van der Waals surface area contributed by atoms with E-state index in [1.54, 1.807) is 18.3 Å². The maximum absolute atomic E-state index is 12.4. The van der Waals surface area contributed by atoms with Crippen molar-refractivity contribution in [2.24, 2.45) is 0 Å². The Kier molecular flexibility index (Phi) is 5.26. The van der Waals surface area contributed by atoms with Crippen molar-refractivity contribution in [2.75, 3.05) is 16.3 Å².